The molecule has 2 N–H and O–H groups in total. The van der Waals surface area contributed by atoms with E-state index in [0.717, 1.165) is 10.2 Å². The van der Waals surface area contributed by atoms with Crippen LogP contribution in [0.15, 0.2) is 53.0 Å². The van der Waals surface area contributed by atoms with E-state index < -0.39 is 6.04 Å². The first kappa shape index (κ1) is 16.2. The van der Waals surface area contributed by atoms with Crippen LogP contribution in [-0.4, -0.2) is 17.7 Å². The highest BCUT2D eigenvalue weighted by molar-refractivity contribution is 9.10. The SMILES string of the molecule is CC(=O)c1cccc(NC(=O)[C@H](C)Nc2ccc(Br)cc2)c1. The number of hydrogen-bond donors (Lipinski definition) is 2. The Hall–Kier alpha value is -2.14. The van der Waals surface area contributed by atoms with Crippen molar-refractivity contribution in [2.75, 3.05) is 10.6 Å². The maximum atomic E-state index is 12.2. The number of Topliss-reactive ketones (excluding diaryl/α,β-unsaturated/α-hetero) is 1. The number of nitrogens with one attached hydrogen (secondary N) is 2. The van der Waals surface area contributed by atoms with Crippen LogP contribution in [0, 0.1) is 0 Å². The average Bonchev–Trinajstić information content (AvgIpc) is 2.49. The molecule has 4 nitrogen and oxygen atoms in total. The van der Waals surface area contributed by atoms with Crippen molar-refractivity contribution in [1.82, 2.24) is 0 Å². The van der Waals surface area contributed by atoms with Crippen LogP contribution in [0.5, 0.6) is 0 Å². The molecular formula is C17H17BrN2O2. The van der Waals surface area contributed by atoms with Crippen molar-refractivity contribution in [3.63, 3.8) is 0 Å². The number of ketones is 1. The molecule has 22 heavy (non-hydrogen) atoms. The maximum Gasteiger partial charge on any atom is 0.246 e. The third-order valence-corrected chi connectivity index (χ3v) is 3.69. The molecule has 1 amide bonds. The molecule has 0 aliphatic carbocycles. The van der Waals surface area contributed by atoms with Crippen LogP contribution in [0.25, 0.3) is 0 Å². The fourth-order valence-electron chi connectivity index (χ4n) is 1.93. The minimum absolute atomic E-state index is 0.0304. The lowest BCUT2D eigenvalue weighted by atomic mass is 10.1. The van der Waals surface area contributed by atoms with Gasteiger partial charge in [0.2, 0.25) is 5.91 Å². The average molecular weight is 361 g/mol. The Balaban J connectivity index is 2.00. The van der Waals surface area contributed by atoms with Crippen molar-refractivity contribution < 1.29 is 9.59 Å². The highest BCUT2D eigenvalue weighted by Gasteiger charge is 2.13. The summed E-state index contributed by atoms with van der Waals surface area (Å²) < 4.78 is 0.983. The van der Waals surface area contributed by atoms with E-state index in [1.165, 1.54) is 6.92 Å². The van der Waals surface area contributed by atoms with E-state index in [-0.39, 0.29) is 11.7 Å². The number of rotatable bonds is 5. The summed E-state index contributed by atoms with van der Waals surface area (Å²) in [5, 5.41) is 5.93. The normalized spacial score (nSPS) is 11.6. The topological polar surface area (TPSA) is 58.2 Å². The highest BCUT2D eigenvalue weighted by atomic mass is 79.9. The molecule has 0 saturated carbocycles. The predicted molar refractivity (Wildman–Crippen MR) is 92.3 cm³/mol. The van der Waals surface area contributed by atoms with Crippen molar-refractivity contribution in [1.29, 1.82) is 0 Å². The van der Waals surface area contributed by atoms with Gasteiger partial charge in [0.1, 0.15) is 6.04 Å². The molecule has 0 bridgehead atoms. The Labute approximate surface area is 138 Å². The molecule has 0 heterocycles. The summed E-state index contributed by atoms with van der Waals surface area (Å²) >= 11 is 3.37. The van der Waals surface area contributed by atoms with Gasteiger partial charge in [-0.25, -0.2) is 0 Å². The molecule has 2 rings (SSSR count). The highest BCUT2D eigenvalue weighted by Crippen LogP contribution is 2.16. The van der Waals surface area contributed by atoms with Crippen molar-refractivity contribution >= 4 is 39.0 Å². The van der Waals surface area contributed by atoms with Crippen LogP contribution < -0.4 is 10.6 Å². The fraction of sp³-hybridized carbons (Fsp3) is 0.176. The van der Waals surface area contributed by atoms with Gasteiger partial charge in [0.25, 0.3) is 0 Å². The molecule has 2 aromatic rings. The van der Waals surface area contributed by atoms with Gasteiger partial charge in [0, 0.05) is 21.4 Å². The van der Waals surface area contributed by atoms with Crippen LogP contribution in [-0.2, 0) is 4.79 Å². The van der Waals surface area contributed by atoms with Crippen molar-refractivity contribution in [3.05, 3.63) is 58.6 Å². The van der Waals surface area contributed by atoms with E-state index in [1.54, 1.807) is 31.2 Å². The van der Waals surface area contributed by atoms with Gasteiger partial charge in [0.15, 0.2) is 5.78 Å². The van der Waals surface area contributed by atoms with Gasteiger partial charge in [-0.05, 0) is 50.2 Å². The molecular weight excluding hydrogens is 344 g/mol. The van der Waals surface area contributed by atoms with E-state index in [2.05, 4.69) is 26.6 Å². The predicted octanol–water partition coefficient (Wildman–Crippen LogP) is 4.09. The van der Waals surface area contributed by atoms with Crippen LogP contribution in [0.4, 0.5) is 11.4 Å². The van der Waals surface area contributed by atoms with Gasteiger partial charge in [-0.3, -0.25) is 9.59 Å². The van der Waals surface area contributed by atoms with Gasteiger partial charge in [0.05, 0.1) is 0 Å². The molecule has 0 aliphatic heterocycles. The Morgan fingerprint density at radius 3 is 2.36 bits per heavy atom. The molecule has 5 heteroatoms. The molecule has 0 saturated heterocycles. The van der Waals surface area contributed by atoms with E-state index in [9.17, 15) is 9.59 Å². The Morgan fingerprint density at radius 1 is 1.05 bits per heavy atom. The third-order valence-electron chi connectivity index (χ3n) is 3.16. The second kappa shape index (κ2) is 7.22. The summed E-state index contributed by atoms with van der Waals surface area (Å²) in [5.41, 5.74) is 2.05. The van der Waals surface area contributed by atoms with Crippen molar-refractivity contribution in [2.24, 2.45) is 0 Å². The standard InChI is InChI=1S/C17H17BrN2O2/c1-11(19-15-8-6-14(18)7-9-15)17(22)20-16-5-3-4-13(10-16)12(2)21/h3-11,19H,1-2H3,(H,20,22)/t11-/m0/s1. The van der Waals surface area contributed by atoms with Gasteiger partial charge in [-0.15, -0.1) is 0 Å². The summed E-state index contributed by atoms with van der Waals surface area (Å²) in [6.45, 7) is 3.28. The van der Waals surface area contributed by atoms with E-state index >= 15 is 0 Å². The molecule has 1 atom stereocenters. The van der Waals surface area contributed by atoms with Gasteiger partial charge >= 0.3 is 0 Å². The monoisotopic (exact) mass is 360 g/mol. The summed E-state index contributed by atoms with van der Waals surface area (Å²) in [6.07, 6.45) is 0. The van der Waals surface area contributed by atoms with Gasteiger partial charge in [-0.2, -0.15) is 0 Å². The number of halogens is 1. The second-order valence-electron chi connectivity index (χ2n) is 5.00. The Morgan fingerprint density at radius 2 is 1.73 bits per heavy atom. The lowest BCUT2D eigenvalue weighted by molar-refractivity contribution is -0.116. The largest absolute Gasteiger partial charge is 0.374 e. The summed E-state index contributed by atoms with van der Waals surface area (Å²) in [5.74, 6) is -0.194. The Kier molecular flexibility index (Phi) is 5.33. The number of anilines is 2. The lowest BCUT2D eigenvalue weighted by Crippen LogP contribution is -2.31. The zero-order chi connectivity index (χ0) is 16.1. The molecule has 0 aliphatic rings. The molecule has 2 aromatic carbocycles. The molecule has 0 unspecified atom stereocenters. The van der Waals surface area contributed by atoms with Crippen LogP contribution in [0.1, 0.15) is 24.2 Å². The minimum Gasteiger partial charge on any atom is -0.374 e. The summed E-state index contributed by atoms with van der Waals surface area (Å²) in [4.78, 5) is 23.6. The third kappa shape index (κ3) is 4.43. The number of carbonyl (C=O) groups excluding carboxylic acids is 2. The van der Waals surface area contributed by atoms with Crippen LogP contribution >= 0.6 is 15.9 Å². The lowest BCUT2D eigenvalue weighted by Gasteiger charge is -2.15. The number of hydrogen-bond acceptors (Lipinski definition) is 3. The first-order chi connectivity index (χ1) is 10.5. The second-order valence-corrected chi connectivity index (χ2v) is 5.91. The van der Waals surface area contributed by atoms with E-state index in [4.69, 9.17) is 0 Å². The smallest absolute Gasteiger partial charge is 0.246 e. The Bertz CT molecular complexity index is 683. The summed E-state index contributed by atoms with van der Waals surface area (Å²) in [7, 11) is 0. The molecule has 0 radical (unpaired) electrons. The number of benzene rings is 2. The van der Waals surface area contributed by atoms with Crippen LogP contribution in [0.2, 0.25) is 0 Å². The number of amides is 1. The minimum atomic E-state index is -0.401. The molecule has 114 valence electrons. The maximum absolute atomic E-state index is 12.2. The molecule has 0 spiro atoms. The van der Waals surface area contributed by atoms with E-state index in [0.29, 0.717) is 11.3 Å². The van der Waals surface area contributed by atoms with Crippen LogP contribution in [0.3, 0.4) is 0 Å². The quantitative estimate of drug-likeness (QED) is 0.789. The summed E-state index contributed by atoms with van der Waals surface area (Å²) in [6, 6.07) is 14.1. The number of carbonyl (C=O) groups is 2. The van der Waals surface area contributed by atoms with Gasteiger partial charge < -0.3 is 10.6 Å². The zero-order valence-electron chi connectivity index (χ0n) is 12.4. The first-order valence-electron chi connectivity index (χ1n) is 6.89. The van der Waals surface area contributed by atoms with Crippen molar-refractivity contribution in [2.45, 2.75) is 19.9 Å². The van der Waals surface area contributed by atoms with E-state index in [1.807, 2.05) is 24.3 Å². The van der Waals surface area contributed by atoms with Crippen molar-refractivity contribution in [3.8, 4) is 0 Å². The molecule has 0 fully saturated rings. The fourth-order valence-corrected chi connectivity index (χ4v) is 2.19. The zero-order valence-corrected chi connectivity index (χ0v) is 14.0. The van der Waals surface area contributed by atoms with Gasteiger partial charge in [-0.1, -0.05) is 28.1 Å². The molecule has 0 aromatic heterocycles. The first-order valence-corrected chi connectivity index (χ1v) is 7.69.